The summed E-state index contributed by atoms with van der Waals surface area (Å²) in [5.41, 5.74) is 3.56. The number of aromatic nitrogens is 2. The van der Waals surface area contributed by atoms with Gasteiger partial charge in [0.1, 0.15) is 0 Å². The lowest BCUT2D eigenvalue weighted by Crippen LogP contribution is -2.06. The van der Waals surface area contributed by atoms with E-state index in [1.807, 2.05) is 12.1 Å². The van der Waals surface area contributed by atoms with Crippen LogP contribution in [0.1, 0.15) is 18.4 Å². The van der Waals surface area contributed by atoms with Gasteiger partial charge in [-0.15, -0.1) is 0 Å². The number of fused-ring (bicyclic) bond motifs is 1. The molecule has 0 amide bonds. The quantitative estimate of drug-likeness (QED) is 0.641. The molecule has 2 nitrogen and oxygen atoms in total. The van der Waals surface area contributed by atoms with E-state index in [0.29, 0.717) is 5.92 Å². The van der Waals surface area contributed by atoms with Crippen LogP contribution in [0.2, 0.25) is 0 Å². The van der Waals surface area contributed by atoms with Crippen LogP contribution in [-0.2, 0) is 6.54 Å². The predicted octanol–water partition coefficient (Wildman–Crippen LogP) is 5.27. The first kappa shape index (κ1) is 13.6. The van der Waals surface area contributed by atoms with Crippen molar-refractivity contribution >= 4 is 39.2 Å². The Hall–Kier alpha value is -1.39. The number of nitrogens with zero attached hydrogens (tertiary/aromatic N) is 1. The first-order chi connectivity index (χ1) is 9.65. The molecule has 102 valence electrons. The molecule has 0 saturated heterocycles. The van der Waals surface area contributed by atoms with Gasteiger partial charge < -0.3 is 9.55 Å². The van der Waals surface area contributed by atoms with Crippen molar-refractivity contribution in [3.8, 4) is 0 Å². The van der Waals surface area contributed by atoms with Crippen LogP contribution >= 0.6 is 28.1 Å². The van der Waals surface area contributed by atoms with Crippen LogP contribution in [0.25, 0.3) is 11.0 Å². The summed E-state index contributed by atoms with van der Waals surface area (Å²) >= 11 is 8.98. The number of hydrogen-bond acceptors (Lipinski definition) is 1. The normalized spacial score (nSPS) is 12.7. The van der Waals surface area contributed by atoms with Gasteiger partial charge in [-0.1, -0.05) is 53.2 Å². The molecule has 20 heavy (non-hydrogen) atoms. The van der Waals surface area contributed by atoms with Gasteiger partial charge in [0.2, 0.25) is 0 Å². The second kappa shape index (κ2) is 5.54. The molecule has 0 radical (unpaired) electrons. The summed E-state index contributed by atoms with van der Waals surface area (Å²) in [7, 11) is 0. The van der Waals surface area contributed by atoms with Gasteiger partial charge in [0.15, 0.2) is 4.77 Å². The third kappa shape index (κ3) is 2.58. The number of imidazole rings is 1. The SMILES string of the molecule is CC(Cn1c(=S)[nH]c2ccc(Br)cc21)c1ccccc1. The monoisotopic (exact) mass is 346 g/mol. The average molecular weight is 347 g/mol. The smallest absolute Gasteiger partial charge is 0.178 e. The minimum Gasteiger partial charge on any atom is -0.331 e. The Morgan fingerprint density at radius 3 is 2.70 bits per heavy atom. The zero-order chi connectivity index (χ0) is 14.1. The Bertz CT molecular complexity index is 789. The van der Waals surface area contributed by atoms with E-state index in [-0.39, 0.29) is 0 Å². The van der Waals surface area contributed by atoms with E-state index in [1.165, 1.54) is 5.56 Å². The topological polar surface area (TPSA) is 20.7 Å². The van der Waals surface area contributed by atoms with Crippen LogP contribution in [0.3, 0.4) is 0 Å². The summed E-state index contributed by atoms with van der Waals surface area (Å²) in [6.45, 7) is 3.10. The number of aromatic amines is 1. The van der Waals surface area contributed by atoms with E-state index >= 15 is 0 Å². The second-order valence-electron chi connectivity index (χ2n) is 5.01. The number of rotatable bonds is 3. The molecule has 0 bridgehead atoms. The Morgan fingerprint density at radius 1 is 1.20 bits per heavy atom. The van der Waals surface area contributed by atoms with E-state index in [0.717, 1.165) is 26.8 Å². The standard InChI is InChI=1S/C16H15BrN2S/c1-11(12-5-3-2-4-6-12)10-19-15-9-13(17)7-8-14(15)18-16(19)20/h2-9,11H,10H2,1H3,(H,18,20). The van der Waals surface area contributed by atoms with E-state index in [1.54, 1.807) is 0 Å². The lowest BCUT2D eigenvalue weighted by atomic mass is 10.0. The number of H-pyrrole nitrogens is 1. The van der Waals surface area contributed by atoms with Crippen LogP contribution < -0.4 is 0 Å². The largest absolute Gasteiger partial charge is 0.331 e. The minimum absolute atomic E-state index is 0.417. The molecule has 2 aromatic carbocycles. The highest BCUT2D eigenvalue weighted by molar-refractivity contribution is 9.10. The van der Waals surface area contributed by atoms with Crippen LogP contribution in [0, 0.1) is 4.77 Å². The van der Waals surface area contributed by atoms with Crippen molar-refractivity contribution in [2.75, 3.05) is 0 Å². The van der Waals surface area contributed by atoms with Crippen molar-refractivity contribution in [1.29, 1.82) is 0 Å². The maximum absolute atomic E-state index is 5.46. The van der Waals surface area contributed by atoms with Gasteiger partial charge in [0, 0.05) is 11.0 Å². The van der Waals surface area contributed by atoms with Crippen molar-refractivity contribution < 1.29 is 0 Å². The maximum atomic E-state index is 5.46. The summed E-state index contributed by atoms with van der Waals surface area (Å²) < 4.78 is 4.02. The fourth-order valence-corrected chi connectivity index (χ4v) is 3.10. The lowest BCUT2D eigenvalue weighted by molar-refractivity contribution is 0.604. The summed E-state index contributed by atoms with van der Waals surface area (Å²) in [6, 6.07) is 16.7. The van der Waals surface area contributed by atoms with Gasteiger partial charge in [-0.05, 0) is 41.9 Å². The molecule has 0 spiro atoms. The number of benzene rings is 2. The van der Waals surface area contributed by atoms with Gasteiger partial charge in [-0.25, -0.2) is 0 Å². The molecule has 1 heterocycles. The number of nitrogens with one attached hydrogen (secondary N) is 1. The van der Waals surface area contributed by atoms with Crippen LogP contribution in [-0.4, -0.2) is 9.55 Å². The molecule has 1 N–H and O–H groups in total. The summed E-state index contributed by atoms with van der Waals surface area (Å²) in [6.07, 6.45) is 0. The highest BCUT2D eigenvalue weighted by Crippen LogP contribution is 2.23. The van der Waals surface area contributed by atoms with Gasteiger partial charge >= 0.3 is 0 Å². The molecular formula is C16H15BrN2S. The van der Waals surface area contributed by atoms with Gasteiger partial charge in [-0.3, -0.25) is 0 Å². The molecule has 0 aliphatic rings. The third-order valence-corrected chi connectivity index (χ3v) is 4.38. The fourth-order valence-electron chi connectivity index (χ4n) is 2.47. The molecule has 0 aliphatic heterocycles. The Morgan fingerprint density at radius 2 is 1.95 bits per heavy atom. The molecule has 0 saturated carbocycles. The maximum Gasteiger partial charge on any atom is 0.178 e. The molecular weight excluding hydrogens is 332 g/mol. The number of hydrogen-bond donors (Lipinski definition) is 1. The van der Waals surface area contributed by atoms with Crippen molar-refractivity contribution in [3.05, 3.63) is 63.3 Å². The lowest BCUT2D eigenvalue weighted by Gasteiger charge is -2.13. The van der Waals surface area contributed by atoms with Crippen molar-refractivity contribution in [3.63, 3.8) is 0 Å². The van der Waals surface area contributed by atoms with Gasteiger partial charge in [-0.2, -0.15) is 0 Å². The summed E-state index contributed by atoms with van der Waals surface area (Å²) in [5.74, 6) is 0.417. The molecule has 0 fully saturated rings. The fraction of sp³-hybridized carbons (Fsp3) is 0.188. The Labute approximate surface area is 131 Å². The molecule has 4 heteroatoms. The first-order valence-electron chi connectivity index (χ1n) is 6.58. The zero-order valence-corrected chi connectivity index (χ0v) is 13.5. The highest BCUT2D eigenvalue weighted by Gasteiger charge is 2.10. The van der Waals surface area contributed by atoms with Gasteiger partial charge in [0.05, 0.1) is 11.0 Å². The Balaban J connectivity index is 2.00. The summed E-state index contributed by atoms with van der Waals surface area (Å²) in [5, 5.41) is 0. The zero-order valence-electron chi connectivity index (χ0n) is 11.1. The van der Waals surface area contributed by atoms with Crippen molar-refractivity contribution in [2.45, 2.75) is 19.4 Å². The third-order valence-electron chi connectivity index (χ3n) is 3.56. The molecule has 1 atom stereocenters. The van der Waals surface area contributed by atoms with Crippen molar-refractivity contribution in [2.24, 2.45) is 0 Å². The highest BCUT2D eigenvalue weighted by atomic mass is 79.9. The van der Waals surface area contributed by atoms with Gasteiger partial charge in [0.25, 0.3) is 0 Å². The molecule has 1 aromatic heterocycles. The minimum atomic E-state index is 0.417. The van der Waals surface area contributed by atoms with Crippen LogP contribution in [0.15, 0.2) is 53.0 Å². The second-order valence-corrected chi connectivity index (χ2v) is 6.32. The van der Waals surface area contributed by atoms with E-state index in [4.69, 9.17) is 12.2 Å². The van der Waals surface area contributed by atoms with Crippen molar-refractivity contribution in [1.82, 2.24) is 9.55 Å². The van der Waals surface area contributed by atoms with Crippen LogP contribution in [0.5, 0.6) is 0 Å². The molecule has 3 aromatic rings. The first-order valence-corrected chi connectivity index (χ1v) is 7.78. The molecule has 3 rings (SSSR count). The Kier molecular flexibility index (Phi) is 3.76. The number of halogens is 1. The summed E-state index contributed by atoms with van der Waals surface area (Å²) in [4.78, 5) is 3.27. The average Bonchev–Trinajstić information content (AvgIpc) is 2.76. The molecule has 0 aliphatic carbocycles. The van der Waals surface area contributed by atoms with E-state index in [9.17, 15) is 0 Å². The predicted molar refractivity (Wildman–Crippen MR) is 89.7 cm³/mol. The van der Waals surface area contributed by atoms with E-state index in [2.05, 4.69) is 68.8 Å². The van der Waals surface area contributed by atoms with E-state index < -0.39 is 0 Å². The molecule has 1 unspecified atom stereocenters. The van der Waals surface area contributed by atoms with Crippen LogP contribution in [0.4, 0.5) is 0 Å².